The Morgan fingerprint density at radius 3 is 2.77 bits per heavy atom. The highest BCUT2D eigenvalue weighted by atomic mass is 32.2. The third-order valence-corrected chi connectivity index (χ3v) is 7.57. The van der Waals surface area contributed by atoms with E-state index >= 15 is 0 Å². The first kappa shape index (κ1) is 17.3. The van der Waals surface area contributed by atoms with Gasteiger partial charge in [0.05, 0.1) is 23.1 Å². The predicted octanol–water partition coefficient (Wildman–Crippen LogP) is 2.07. The van der Waals surface area contributed by atoms with E-state index in [1.165, 1.54) is 21.8 Å². The first-order valence-electron chi connectivity index (χ1n) is 8.14. The number of aryl methyl sites for hydroxylation is 2. The van der Waals surface area contributed by atoms with Crippen molar-refractivity contribution >= 4 is 21.4 Å². The highest BCUT2D eigenvalue weighted by molar-refractivity contribution is 7.89. The van der Waals surface area contributed by atoms with Crippen molar-refractivity contribution in [1.82, 2.24) is 29.3 Å². The fourth-order valence-corrected chi connectivity index (χ4v) is 5.66. The van der Waals surface area contributed by atoms with Crippen LogP contribution in [0.25, 0.3) is 10.8 Å². The van der Waals surface area contributed by atoms with Crippen molar-refractivity contribution in [2.45, 2.75) is 37.6 Å². The van der Waals surface area contributed by atoms with Gasteiger partial charge in [0.2, 0.25) is 15.9 Å². The molecule has 0 spiro atoms. The van der Waals surface area contributed by atoms with E-state index in [1.807, 2.05) is 6.92 Å². The van der Waals surface area contributed by atoms with Crippen LogP contribution in [0.15, 0.2) is 21.0 Å². The molecule has 4 rings (SSSR count). The van der Waals surface area contributed by atoms with Gasteiger partial charge in [-0.3, -0.25) is 4.68 Å². The van der Waals surface area contributed by atoms with Crippen molar-refractivity contribution in [1.29, 1.82) is 0 Å². The zero-order valence-corrected chi connectivity index (χ0v) is 16.2. The molecule has 0 saturated carbocycles. The van der Waals surface area contributed by atoms with Crippen molar-refractivity contribution in [3.63, 3.8) is 0 Å². The van der Waals surface area contributed by atoms with Gasteiger partial charge in [-0.25, -0.2) is 13.4 Å². The first-order valence-corrected chi connectivity index (χ1v) is 10.5. The SMILES string of the molecule is Cc1ncsc1-c1nnc(C2CCCN2S(=O)(=O)c2cnn(C)c2C)o1. The van der Waals surface area contributed by atoms with Crippen LogP contribution in [0.2, 0.25) is 0 Å². The fourth-order valence-electron chi connectivity index (χ4n) is 3.10. The summed E-state index contributed by atoms with van der Waals surface area (Å²) in [5, 5.41) is 12.3. The third kappa shape index (κ3) is 2.66. The van der Waals surface area contributed by atoms with E-state index in [0.29, 0.717) is 30.4 Å². The van der Waals surface area contributed by atoms with E-state index in [2.05, 4.69) is 20.3 Å². The summed E-state index contributed by atoms with van der Waals surface area (Å²) in [7, 11) is -1.97. The molecule has 138 valence electrons. The number of nitrogens with zero attached hydrogens (tertiary/aromatic N) is 6. The normalized spacial score (nSPS) is 18.7. The van der Waals surface area contributed by atoms with Gasteiger partial charge in [0.25, 0.3) is 5.89 Å². The van der Waals surface area contributed by atoms with Crippen LogP contribution in [0.1, 0.15) is 36.2 Å². The molecule has 9 nitrogen and oxygen atoms in total. The van der Waals surface area contributed by atoms with Crippen molar-refractivity contribution in [3.05, 3.63) is 29.0 Å². The number of hydrogen-bond acceptors (Lipinski definition) is 8. The van der Waals surface area contributed by atoms with Gasteiger partial charge in [-0.05, 0) is 26.7 Å². The summed E-state index contributed by atoms with van der Waals surface area (Å²) < 4.78 is 35.0. The topological polar surface area (TPSA) is 107 Å². The molecule has 0 amide bonds. The van der Waals surface area contributed by atoms with Gasteiger partial charge in [-0.15, -0.1) is 21.5 Å². The maximum atomic E-state index is 13.1. The van der Waals surface area contributed by atoms with E-state index in [4.69, 9.17) is 4.42 Å². The van der Waals surface area contributed by atoms with Gasteiger partial charge < -0.3 is 4.42 Å². The highest BCUT2D eigenvalue weighted by Crippen LogP contribution is 2.38. The summed E-state index contributed by atoms with van der Waals surface area (Å²) in [5.74, 6) is 0.692. The molecular formula is C15H18N6O3S2. The van der Waals surface area contributed by atoms with Crippen LogP contribution in [-0.2, 0) is 17.1 Å². The lowest BCUT2D eigenvalue weighted by molar-refractivity contribution is 0.332. The molecule has 11 heteroatoms. The summed E-state index contributed by atoms with van der Waals surface area (Å²) >= 11 is 1.42. The molecule has 1 saturated heterocycles. The third-order valence-electron chi connectivity index (χ3n) is 4.65. The molecule has 1 fully saturated rings. The standard InChI is InChI=1S/C15H18N6O3S2/c1-9-13(25-8-16-9)15-19-18-14(24-15)11-5-4-6-21(11)26(22,23)12-7-17-20(3)10(12)2/h7-8,11H,4-6H2,1-3H3. The van der Waals surface area contributed by atoms with Crippen LogP contribution in [-0.4, -0.2) is 44.2 Å². The summed E-state index contributed by atoms with van der Waals surface area (Å²) in [6.07, 6.45) is 2.77. The van der Waals surface area contributed by atoms with Crippen LogP contribution < -0.4 is 0 Å². The molecule has 0 aliphatic carbocycles. The zero-order valence-electron chi connectivity index (χ0n) is 14.6. The van der Waals surface area contributed by atoms with Crippen LogP contribution in [0.5, 0.6) is 0 Å². The van der Waals surface area contributed by atoms with E-state index in [9.17, 15) is 8.42 Å². The number of rotatable bonds is 4. The van der Waals surface area contributed by atoms with Crippen molar-refractivity contribution < 1.29 is 12.8 Å². The van der Waals surface area contributed by atoms with Gasteiger partial charge >= 0.3 is 0 Å². The van der Waals surface area contributed by atoms with Crippen LogP contribution >= 0.6 is 11.3 Å². The summed E-state index contributed by atoms with van der Waals surface area (Å²) in [4.78, 5) is 5.20. The van der Waals surface area contributed by atoms with Gasteiger partial charge in [0.15, 0.2) is 0 Å². The lowest BCUT2D eigenvalue weighted by Gasteiger charge is -2.21. The van der Waals surface area contributed by atoms with Gasteiger partial charge in [0.1, 0.15) is 15.8 Å². The van der Waals surface area contributed by atoms with Gasteiger partial charge in [-0.2, -0.15) is 9.40 Å². The van der Waals surface area contributed by atoms with E-state index in [-0.39, 0.29) is 4.90 Å². The molecule has 1 aliphatic heterocycles. The lowest BCUT2D eigenvalue weighted by Crippen LogP contribution is -2.31. The molecule has 0 aromatic carbocycles. The molecule has 1 unspecified atom stereocenters. The van der Waals surface area contributed by atoms with Gasteiger partial charge in [-0.1, -0.05) is 0 Å². The lowest BCUT2D eigenvalue weighted by atomic mass is 10.2. The minimum absolute atomic E-state index is 0.213. The maximum absolute atomic E-state index is 13.1. The molecular weight excluding hydrogens is 376 g/mol. The Balaban J connectivity index is 1.68. The second-order valence-corrected chi connectivity index (χ2v) is 8.92. The second-order valence-electron chi connectivity index (χ2n) is 6.20. The van der Waals surface area contributed by atoms with Crippen LogP contribution in [0.4, 0.5) is 0 Å². The number of hydrogen-bond donors (Lipinski definition) is 0. The van der Waals surface area contributed by atoms with Crippen molar-refractivity contribution in [3.8, 4) is 10.8 Å². The Morgan fingerprint density at radius 1 is 1.31 bits per heavy atom. The second kappa shape index (κ2) is 6.25. The smallest absolute Gasteiger partial charge is 0.259 e. The Kier molecular flexibility index (Phi) is 4.16. The molecule has 0 radical (unpaired) electrons. The summed E-state index contributed by atoms with van der Waals surface area (Å²) in [6, 6.07) is -0.464. The molecule has 1 atom stereocenters. The van der Waals surface area contributed by atoms with Crippen molar-refractivity contribution in [2.75, 3.05) is 6.54 Å². The molecule has 0 bridgehead atoms. The highest BCUT2D eigenvalue weighted by Gasteiger charge is 2.40. The zero-order chi connectivity index (χ0) is 18.5. The van der Waals surface area contributed by atoms with Crippen LogP contribution in [0.3, 0.4) is 0 Å². The van der Waals surface area contributed by atoms with E-state index < -0.39 is 16.1 Å². The Labute approximate surface area is 154 Å². The minimum atomic E-state index is -3.69. The number of aromatic nitrogens is 5. The van der Waals surface area contributed by atoms with E-state index in [0.717, 1.165) is 17.0 Å². The minimum Gasteiger partial charge on any atom is -0.418 e. The average molecular weight is 394 g/mol. The Morgan fingerprint density at radius 2 is 2.12 bits per heavy atom. The first-order chi connectivity index (χ1) is 12.4. The predicted molar refractivity (Wildman–Crippen MR) is 94.0 cm³/mol. The average Bonchev–Trinajstić information content (AvgIpc) is 3.35. The quantitative estimate of drug-likeness (QED) is 0.666. The van der Waals surface area contributed by atoms with Crippen molar-refractivity contribution in [2.24, 2.45) is 7.05 Å². The monoisotopic (exact) mass is 394 g/mol. The Hall–Kier alpha value is -2.11. The summed E-state index contributed by atoms with van der Waals surface area (Å²) in [5.41, 5.74) is 3.13. The molecule has 26 heavy (non-hydrogen) atoms. The molecule has 3 aromatic rings. The van der Waals surface area contributed by atoms with Crippen LogP contribution in [0, 0.1) is 13.8 Å². The largest absolute Gasteiger partial charge is 0.418 e. The maximum Gasteiger partial charge on any atom is 0.259 e. The van der Waals surface area contributed by atoms with Gasteiger partial charge in [0, 0.05) is 13.6 Å². The number of thiazole rings is 1. The molecule has 0 N–H and O–H groups in total. The molecule has 1 aliphatic rings. The molecule has 4 heterocycles. The number of sulfonamides is 1. The summed E-state index contributed by atoms with van der Waals surface area (Å²) in [6.45, 7) is 4.02. The Bertz CT molecular complexity index is 1050. The fraction of sp³-hybridized carbons (Fsp3) is 0.467. The van der Waals surface area contributed by atoms with E-state index in [1.54, 1.807) is 24.2 Å². The molecule has 3 aromatic heterocycles.